The highest BCUT2D eigenvalue weighted by molar-refractivity contribution is 7.92. The van der Waals surface area contributed by atoms with E-state index in [2.05, 4.69) is 5.32 Å². The van der Waals surface area contributed by atoms with Crippen LogP contribution in [0.3, 0.4) is 0 Å². The van der Waals surface area contributed by atoms with Crippen LogP contribution in [0.4, 0.5) is 5.69 Å². The van der Waals surface area contributed by atoms with Crippen LogP contribution < -0.4 is 9.62 Å². The van der Waals surface area contributed by atoms with Gasteiger partial charge in [-0.05, 0) is 75.4 Å². The van der Waals surface area contributed by atoms with E-state index in [1.54, 1.807) is 42.5 Å². The molecule has 8 heteroatoms. The zero-order chi connectivity index (χ0) is 29.3. The van der Waals surface area contributed by atoms with Crippen LogP contribution in [-0.4, -0.2) is 50.3 Å². The van der Waals surface area contributed by atoms with Crippen molar-refractivity contribution < 1.29 is 18.0 Å². The topological polar surface area (TPSA) is 86.8 Å². The molecule has 0 aliphatic carbocycles. The Bertz CT molecular complexity index is 1370. The minimum absolute atomic E-state index is 0.0432. The van der Waals surface area contributed by atoms with Gasteiger partial charge >= 0.3 is 0 Å². The van der Waals surface area contributed by atoms with E-state index >= 15 is 0 Å². The number of aryl methyl sites for hydroxylation is 2. The number of carbonyl (C=O) groups excluding carboxylic acids is 2. The van der Waals surface area contributed by atoms with E-state index in [1.807, 2.05) is 71.0 Å². The first-order valence-electron chi connectivity index (χ1n) is 13.9. The second-order valence-corrected chi connectivity index (χ2v) is 12.1. The number of anilines is 1. The Hall–Kier alpha value is -3.65. The summed E-state index contributed by atoms with van der Waals surface area (Å²) in [6, 6.07) is 22.6. The Morgan fingerprint density at radius 2 is 1.52 bits per heavy atom. The molecular weight excluding hydrogens is 522 g/mol. The number of hydrogen-bond acceptors (Lipinski definition) is 4. The first-order valence-corrected chi connectivity index (χ1v) is 15.3. The molecule has 0 unspecified atom stereocenters. The van der Waals surface area contributed by atoms with Gasteiger partial charge in [-0.2, -0.15) is 0 Å². The van der Waals surface area contributed by atoms with Crippen LogP contribution in [0.5, 0.6) is 0 Å². The third kappa shape index (κ3) is 7.94. The molecule has 0 heterocycles. The third-order valence-corrected chi connectivity index (χ3v) is 8.84. The summed E-state index contributed by atoms with van der Waals surface area (Å²) in [5.74, 6) is -0.666. The number of nitrogens with one attached hydrogen (secondary N) is 1. The summed E-state index contributed by atoms with van der Waals surface area (Å²) < 4.78 is 29.0. The molecule has 7 nitrogen and oxygen atoms in total. The van der Waals surface area contributed by atoms with Gasteiger partial charge in [0.25, 0.3) is 10.0 Å². The zero-order valence-corrected chi connectivity index (χ0v) is 24.9. The Morgan fingerprint density at radius 3 is 2.12 bits per heavy atom. The van der Waals surface area contributed by atoms with Gasteiger partial charge < -0.3 is 10.2 Å². The van der Waals surface area contributed by atoms with Crippen LogP contribution in [0.1, 0.15) is 50.3 Å². The number of rotatable bonds is 13. The number of benzene rings is 3. The molecule has 0 aliphatic heterocycles. The second-order valence-electron chi connectivity index (χ2n) is 10.2. The molecule has 3 aromatic rings. The lowest BCUT2D eigenvalue weighted by Crippen LogP contribution is -2.54. The number of amides is 2. The zero-order valence-electron chi connectivity index (χ0n) is 24.1. The largest absolute Gasteiger partial charge is 0.352 e. The standard InChI is InChI=1S/C32H41N3O4S/c1-6-26(5)33-32(37)30(7-2)34(21-20-27-13-9-8-10-14-27)31(36)23-35(28-15-11-12-25(4)22-28)40(38,39)29-18-16-24(3)17-19-29/h8-19,22,26,30H,6-7,20-21,23H2,1-5H3,(H,33,37)/t26-,30-/m1/s1. The van der Waals surface area contributed by atoms with E-state index in [0.717, 1.165) is 27.4 Å². The van der Waals surface area contributed by atoms with E-state index in [4.69, 9.17) is 0 Å². The molecule has 0 bridgehead atoms. The van der Waals surface area contributed by atoms with Crippen molar-refractivity contribution in [1.29, 1.82) is 0 Å². The summed E-state index contributed by atoms with van der Waals surface area (Å²) in [5, 5.41) is 3.00. The Morgan fingerprint density at radius 1 is 0.850 bits per heavy atom. The van der Waals surface area contributed by atoms with Crippen molar-refractivity contribution in [3.05, 3.63) is 95.6 Å². The Kier molecular flexibility index (Phi) is 10.9. The lowest BCUT2D eigenvalue weighted by atomic mass is 10.1. The van der Waals surface area contributed by atoms with Crippen molar-refractivity contribution in [2.24, 2.45) is 0 Å². The van der Waals surface area contributed by atoms with Crippen LogP contribution in [0, 0.1) is 13.8 Å². The molecule has 0 radical (unpaired) electrons. The average Bonchev–Trinajstić information content (AvgIpc) is 2.94. The molecule has 0 spiro atoms. The van der Waals surface area contributed by atoms with E-state index < -0.39 is 28.5 Å². The molecule has 3 rings (SSSR count). The highest BCUT2D eigenvalue weighted by atomic mass is 32.2. The molecular formula is C32H41N3O4S. The van der Waals surface area contributed by atoms with Crippen LogP contribution >= 0.6 is 0 Å². The molecule has 0 aliphatic rings. The molecule has 0 saturated carbocycles. The summed E-state index contributed by atoms with van der Waals surface area (Å²) in [6.07, 6.45) is 1.70. The summed E-state index contributed by atoms with van der Waals surface area (Å²) in [4.78, 5) is 29.0. The smallest absolute Gasteiger partial charge is 0.264 e. The summed E-state index contributed by atoms with van der Waals surface area (Å²) in [7, 11) is -4.07. The molecule has 3 aromatic carbocycles. The SMILES string of the molecule is CC[C@@H](C)NC(=O)[C@@H](CC)N(CCc1ccccc1)C(=O)CN(c1cccc(C)c1)S(=O)(=O)c1ccc(C)cc1. The van der Waals surface area contributed by atoms with Crippen molar-refractivity contribution in [1.82, 2.24) is 10.2 Å². The van der Waals surface area contributed by atoms with Crippen molar-refractivity contribution in [3.63, 3.8) is 0 Å². The predicted molar refractivity (Wildman–Crippen MR) is 161 cm³/mol. The van der Waals surface area contributed by atoms with Gasteiger partial charge in [-0.1, -0.05) is 74.0 Å². The quantitative estimate of drug-likeness (QED) is 0.307. The maximum atomic E-state index is 14.1. The van der Waals surface area contributed by atoms with Gasteiger partial charge in [0.05, 0.1) is 10.6 Å². The van der Waals surface area contributed by atoms with Gasteiger partial charge in [-0.3, -0.25) is 13.9 Å². The second kappa shape index (κ2) is 14.1. The van der Waals surface area contributed by atoms with Gasteiger partial charge in [0, 0.05) is 12.6 Å². The maximum Gasteiger partial charge on any atom is 0.264 e. The summed E-state index contributed by atoms with van der Waals surface area (Å²) >= 11 is 0. The molecule has 0 fully saturated rings. The number of sulfonamides is 1. The molecule has 0 aromatic heterocycles. The number of nitrogens with zero attached hydrogens (tertiary/aromatic N) is 2. The van der Waals surface area contributed by atoms with E-state index in [-0.39, 0.29) is 23.4 Å². The van der Waals surface area contributed by atoms with Crippen LogP contribution in [0.2, 0.25) is 0 Å². The van der Waals surface area contributed by atoms with Gasteiger partial charge in [-0.25, -0.2) is 8.42 Å². The summed E-state index contributed by atoms with van der Waals surface area (Å²) in [6.45, 7) is 9.39. The molecule has 2 atom stereocenters. The monoisotopic (exact) mass is 563 g/mol. The van der Waals surface area contributed by atoms with Crippen molar-refractivity contribution in [2.45, 2.75) is 70.9 Å². The van der Waals surface area contributed by atoms with Crippen molar-refractivity contribution in [2.75, 3.05) is 17.4 Å². The fourth-order valence-corrected chi connectivity index (χ4v) is 5.89. The number of carbonyl (C=O) groups is 2. The van der Waals surface area contributed by atoms with E-state index in [9.17, 15) is 18.0 Å². The van der Waals surface area contributed by atoms with Gasteiger partial charge in [0.15, 0.2) is 0 Å². The van der Waals surface area contributed by atoms with Crippen molar-refractivity contribution in [3.8, 4) is 0 Å². The highest BCUT2D eigenvalue weighted by Gasteiger charge is 2.33. The maximum absolute atomic E-state index is 14.1. The van der Waals surface area contributed by atoms with E-state index in [0.29, 0.717) is 18.5 Å². The lowest BCUT2D eigenvalue weighted by molar-refractivity contribution is -0.139. The minimum Gasteiger partial charge on any atom is -0.352 e. The molecule has 214 valence electrons. The van der Waals surface area contributed by atoms with Gasteiger partial charge in [0.2, 0.25) is 11.8 Å². The number of hydrogen-bond donors (Lipinski definition) is 1. The van der Waals surface area contributed by atoms with Gasteiger partial charge in [0.1, 0.15) is 12.6 Å². The molecule has 40 heavy (non-hydrogen) atoms. The van der Waals surface area contributed by atoms with Crippen LogP contribution in [-0.2, 0) is 26.0 Å². The first-order chi connectivity index (χ1) is 19.1. The van der Waals surface area contributed by atoms with E-state index in [1.165, 1.54) is 4.90 Å². The van der Waals surface area contributed by atoms with Crippen molar-refractivity contribution >= 4 is 27.5 Å². The third-order valence-electron chi connectivity index (χ3n) is 7.05. The summed E-state index contributed by atoms with van der Waals surface area (Å²) in [5.41, 5.74) is 3.23. The highest BCUT2D eigenvalue weighted by Crippen LogP contribution is 2.25. The minimum atomic E-state index is -4.07. The Labute approximate surface area is 239 Å². The first kappa shape index (κ1) is 30.9. The molecule has 1 N–H and O–H groups in total. The fraction of sp³-hybridized carbons (Fsp3) is 0.375. The normalized spacial score (nSPS) is 12.8. The molecule has 2 amide bonds. The molecule has 0 saturated heterocycles. The van der Waals surface area contributed by atoms with Gasteiger partial charge in [-0.15, -0.1) is 0 Å². The predicted octanol–water partition coefficient (Wildman–Crippen LogP) is 5.26. The van der Waals surface area contributed by atoms with Crippen LogP contribution in [0.25, 0.3) is 0 Å². The lowest BCUT2D eigenvalue weighted by Gasteiger charge is -2.33. The van der Waals surface area contributed by atoms with Crippen LogP contribution in [0.15, 0.2) is 83.8 Å². The Balaban J connectivity index is 2.01. The average molecular weight is 564 g/mol. The fourth-order valence-electron chi connectivity index (χ4n) is 4.49.